The van der Waals surface area contributed by atoms with Crippen molar-refractivity contribution in [3.8, 4) is 0 Å². The van der Waals surface area contributed by atoms with Crippen molar-refractivity contribution >= 4 is 11.6 Å². The third-order valence-corrected chi connectivity index (χ3v) is 2.49. The normalized spacial score (nSPS) is 10.8. The van der Waals surface area contributed by atoms with E-state index in [2.05, 4.69) is 13.2 Å². The molecular weight excluding hydrogens is 224 g/mol. The highest BCUT2D eigenvalue weighted by molar-refractivity contribution is 6.09. The molecule has 1 amide bonds. The number of nitrogens with two attached hydrogens (primary N) is 1. The summed E-state index contributed by atoms with van der Waals surface area (Å²) in [4.78, 5) is 11.3. The van der Waals surface area contributed by atoms with Crippen molar-refractivity contribution in [3.05, 3.63) is 72.4 Å². The molecule has 0 radical (unpaired) electrons. The van der Waals surface area contributed by atoms with Crippen molar-refractivity contribution in [2.45, 2.75) is 6.42 Å². The van der Waals surface area contributed by atoms with Gasteiger partial charge in [-0.05, 0) is 11.6 Å². The van der Waals surface area contributed by atoms with Crippen molar-refractivity contribution in [3.63, 3.8) is 0 Å². The molecule has 0 fully saturated rings. The molecule has 0 aliphatic rings. The van der Waals surface area contributed by atoms with Gasteiger partial charge in [-0.15, -0.1) is 0 Å². The zero-order valence-electron chi connectivity index (χ0n) is 10.1. The largest absolute Gasteiger partial charge is 0.366 e. The molecule has 0 heterocycles. The molecule has 92 valence electrons. The Kier molecular flexibility index (Phi) is 4.81. The Labute approximate surface area is 107 Å². The lowest BCUT2D eigenvalue weighted by atomic mass is 9.97. The minimum atomic E-state index is -0.525. The van der Waals surface area contributed by atoms with Gasteiger partial charge in [0.2, 0.25) is 5.91 Å². The fourth-order valence-electron chi connectivity index (χ4n) is 1.61. The summed E-state index contributed by atoms with van der Waals surface area (Å²) in [5.74, 6) is -0.525. The van der Waals surface area contributed by atoms with Crippen molar-refractivity contribution in [2.24, 2.45) is 5.73 Å². The molecule has 0 bridgehead atoms. The minimum absolute atomic E-state index is 0.331. The van der Waals surface area contributed by atoms with Crippen LogP contribution in [0.15, 0.2) is 61.2 Å². The first kappa shape index (κ1) is 13.6. The number of allylic oxidation sites excluding steroid dienone is 4. The summed E-state index contributed by atoms with van der Waals surface area (Å²) in [6, 6.07) is 6.85. The summed E-state index contributed by atoms with van der Waals surface area (Å²) in [5, 5.41) is 8.05. The second-order valence-electron chi connectivity index (χ2n) is 3.75. The Morgan fingerprint density at radius 2 is 1.89 bits per heavy atom. The van der Waals surface area contributed by atoms with Gasteiger partial charge in [-0.25, -0.2) is 0 Å². The maximum Gasteiger partial charge on any atom is 0.249 e. The molecule has 3 N–H and O–H groups in total. The Hall–Kier alpha value is -2.42. The fraction of sp³-hybridized carbons (Fsp3) is 0.0667. The van der Waals surface area contributed by atoms with Crippen LogP contribution in [0.1, 0.15) is 22.3 Å². The monoisotopic (exact) mass is 240 g/mol. The SMILES string of the molecule is C=C/C=C(\C=C)CC(=N)c1ccccc1C(N)=O. The Morgan fingerprint density at radius 1 is 1.28 bits per heavy atom. The topological polar surface area (TPSA) is 66.9 Å². The third-order valence-electron chi connectivity index (χ3n) is 2.49. The van der Waals surface area contributed by atoms with Crippen LogP contribution in [-0.4, -0.2) is 11.6 Å². The van der Waals surface area contributed by atoms with Crippen molar-refractivity contribution < 1.29 is 4.79 Å². The molecule has 0 aliphatic heterocycles. The third kappa shape index (κ3) is 3.28. The summed E-state index contributed by atoms with van der Waals surface area (Å²) in [6.07, 6.45) is 5.49. The van der Waals surface area contributed by atoms with Crippen LogP contribution in [0.2, 0.25) is 0 Å². The van der Waals surface area contributed by atoms with E-state index in [1.54, 1.807) is 42.5 Å². The van der Waals surface area contributed by atoms with Gasteiger partial charge in [0, 0.05) is 23.3 Å². The van der Waals surface area contributed by atoms with Crippen LogP contribution in [0.5, 0.6) is 0 Å². The van der Waals surface area contributed by atoms with Gasteiger partial charge in [0.1, 0.15) is 0 Å². The molecule has 1 aromatic rings. The highest BCUT2D eigenvalue weighted by atomic mass is 16.1. The molecule has 0 atom stereocenters. The average Bonchev–Trinajstić information content (AvgIpc) is 2.38. The van der Waals surface area contributed by atoms with E-state index in [9.17, 15) is 4.79 Å². The number of rotatable bonds is 6. The van der Waals surface area contributed by atoms with E-state index in [0.29, 0.717) is 23.3 Å². The lowest BCUT2D eigenvalue weighted by Gasteiger charge is -2.08. The van der Waals surface area contributed by atoms with Crippen LogP contribution in [0.4, 0.5) is 0 Å². The molecule has 0 saturated carbocycles. The van der Waals surface area contributed by atoms with Gasteiger partial charge >= 0.3 is 0 Å². The number of hydrogen-bond donors (Lipinski definition) is 2. The van der Waals surface area contributed by atoms with Gasteiger partial charge in [-0.2, -0.15) is 0 Å². The molecule has 3 heteroatoms. The van der Waals surface area contributed by atoms with Gasteiger partial charge in [-0.1, -0.05) is 49.6 Å². The standard InChI is InChI=1S/C15H16N2O/c1-3-7-11(4-2)10-14(16)12-8-5-6-9-13(12)15(17)18/h3-9,16H,1-2,10H2,(H2,17,18)/b11-7+,16-14?. The molecule has 0 unspecified atom stereocenters. The van der Waals surface area contributed by atoms with E-state index in [-0.39, 0.29) is 0 Å². The van der Waals surface area contributed by atoms with E-state index in [4.69, 9.17) is 11.1 Å². The number of carbonyl (C=O) groups is 1. The lowest BCUT2D eigenvalue weighted by Crippen LogP contribution is -2.16. The van der Waals surface area contributed by atoms with E-state index < -0.39 is 5.91 Å². The molecule has 3 nitrogen and oxygen atoms in total. The second-order valence-corrected chi connectivity index (χ2v) is 3.75. The zero-order valence-corrected chi connectivity index (χ0v) is 10.1. The van der Waals surface area contributed by atoms with Crippen molar-refractivity contribution in [1.82, 2.24) is 0 Å². The Morgan fingerprint density at radius 3 is 2.39 bits per heavy atom. The predicted molar refractivity (Wildman–Crippen MR) is 74.9 cm³/mol. The Balaban J connectivity index is 3.04. The number of amides is 1. The van der Waals surface area contributed by atoms with Crippen molar-refractivity contribution in [1.29, 1.82) is 5.41 Å². The van der Waals surface area contributed by atoms with Crippen LogP contribution in [-0.2, 0) is 0 Å². The number of hydrogen-bond acceptors (Lipinski definition) is 2. The second kappa shape index (κ2) is 6.35. The first-order chi connectivity index (χ1) is 8.60. The Bertz CT molecular complexity index is 527. The average molecular weight is 240 g/mol. The van der Waals surface area contributed by atoms with Crippen LogP contribution in [0, 0.1) is 5.41 Å². The van der Waals surface area contributed by atoms with Gasteiger partial charge < -0.3 is 11.1 Å². The van der Waals surface area contributed by atoms with E-state index in [1.165, 1.54) is 0 Å². The summed E-state index contributed by atoms with van der Waals surface area (Å²) in [5.41, 5.74) is 7.41. The molecule has 1 aromatic carbocycles. The predicted octanol–water partition coefficient (Wildman–Crippen LogP) is 2.84. The quantitative estimate of drug-likeness (QED) is 0.582. The number of carbonyl (C=O) groups excluding carboxylic acids is 1. The molecule has 0 aliphatic carbocycles. The molecule has 1 rings (SSSR count). The molecular formula is C15H16N2O. The van der Waals surface area contributed by atoms with Crippen molar-refractivity contribution in [2.75, 3.05) is 0 Å². The number of benzene rings is 1. The summed E-state index contributed by atoms with van der Waals surface area (Å²) in [6.45, 7) is 7.29. The van der Waals surface area contributed by atoms with E-state index in [1.807, 2.05) is 0 Å². The summed E-state index contributed by atoms with van der Waals surface area (Å²) in [7, 11) is 0. The summed E-state index contributed by atoms with van der Waals surface area (Å²) < 4.78 is 0. The highest BCUT2D eigenvalue weighted by Gasteiger charge is 2.11. The summed E-state index contributed by atoms with van der Waals surface area (Å²) >= 11 is 0. The van der Waals surface area contributed by atoms with Gasteiger partial charge in [0.15, 0.2) is 0 Å². The van der Waals surface area contributed by atoms with Crippen LogP contribution < -0.4 is 5.73 Å². The lowest BCUT2D eigenvalue weighted by molar-refractivity contribution is 0.1000. The first-order valence-electron chi connectivity index (χ1n) is 5.50. The fourth-order valence-corrected chi connectivity index (χ4v) is 1.61. The number of primary amides is 1. The first-order valence-corrected chi connectivity index (χ1v) is 5.50. The van der Waals surface area contributed by atoms with E-state index in [0.717, 1.165) is 5.57 Å². The van der Waals surface area contributed by atoms with Crippen LogP contribution >= 0.6 is 0 Å². The number of nitrogens with one attached hydrogen (secondary N) is 1. The van der Waals surface area contributed by atoms with E-state index >= 15 is 0 Å². The van der Waals surface area contributed by atoms with Gasteiger partial charge in [0.25, 0.3) is 0 Å². The minimum Gasteiger partial charge on any atom is -0.366 e. The highest BCUT2D eigenvalue weighted by Crippen LogP contribution is 2.14. The van der Waals surface area contributed by atoms with Crippen LogP contribution in [0.3, 0.4) is 0 Å². The maximum absolute atomic E-state index is 11.3. The van der Waals surface area contributed by atoms with Gasteiger partial charge in [0.05, 0.1) is 0 Å². The van der Waals surface area contributed by atoms with Gasteiger partial charge in [-0.3, -0.25) is 4.79 Å². The van der Waals surface area contributed by atoms with Crippen LogP contribution in [0.25, 0.3) is 0 Å². The molecule has 18 heavy (non-hydrogen) atoms. The molecule has 0 spiro atoms. The smallest absolute Gasteiger partial charge is 0.249 e. The maximum atomic E-state index is 11.3. The molecule has 0 aromatic heterocycles. The zero-order chi connectivity index (χ0) is 13.5. The molecule has 0 saturated heterocycles.